The molecule has 2 aliphatic carbocycles. The second-order valence-corrected chi connectivity index (χ2v) is 9.88. The Kier molecular flexibility index (Phi) is 6.13. The lowest BCUT2D eigenvalue weighted by atomic mass is 9.81. The maximum absolute atomic E-state index is 5.96. The van der Waals surface area contributed by atoms with Gasteiger partial charge in [0.15, 0.2) is 0 Å². The van der Waals surface area contributed by atoms with Crippen molar-refractivity contribution in [2.75, 3.05) is 0 Å². The van der Waals surface area contributed by atoms with Crippen LogP contribution in [0.3, 0.4) is 0 Å². The largest absolute Gasteiger partial charge is 0.402 e. The monoisotopic (exact) mass is 465 g/mol. The number of rotatable bonds is 5. The average Bonchev–Trinajstić information content (AvgIpc) is 2.95. The summed E-state index contributed by atoms with van der Waals surface area (Å²) in [6.07, 6.45) is 15.2. The molecule has 1 unspecified atom stereocenters. The van der Waals surface area contributed by atoms with E-state index < -0.39 is 0 Å². The predicted molar refractivity (Wildman–Crippen MR) is 154 cm³/mol. The molecule has 0 aromatic heterocycles. The molecule has 4 aromatic rings. The summed E-state index contributed by atoms with van der Waals surface area (Å²) in [6, 6.07) is 33.7. The Bertz CT molecular complexity index is 1510. The summed E-state index contributed by atoms with van der Waals surface area (Å²) < 4.78 is 0. The lowest BCUT2D eigenvalue weighted by Gasteiger charge is -2.23. The summed E-state index contributed by atoms with van der Waals surface area (Å²) in [5.41, 5.74) is 16.3. The van der Waals surface area contributed by atoms with E-state index in [1.807, 2.05) is 6.08 Å². The van der Waals surface area contributed by atoms with Crippen molar-refractivity contribution in [3.63, 3.8) is 0 Å². The van der Waals surface area contributed by atoms with E-state index in [-0.39, 0.29) is 0 Å². The number of fused-ring (bicyclic) bond motifs is 1. The molecule has 0 bridgehead atoms. The van der Waals surface area contributed by atoms with Crippen LogP contribution in [0.25, 0.3) is 27.5 Å². The van der Waals surface area contributed by atoms with Crippen LogP contribution in [0.1, 0.15) is 48.3 Å². The SMILES string of the molecule is NC1=CC=C(c2ccc3ccc(-c4ccc(C(C5=CC=CCC5)c5ccccc5)cc4)cc3c2)CC1. The van der Waals surface area contributed by atoms with Crippen LogP contribution >= 0.6 is 0 Å². The molecular formula is C35H31N. The standard InChI is InChI=1S/C35H31N/c36-34-21-19-26(20-22-34)32-18-14-27-13-17-31(23-33(27)24-32)25-11-15-30(16-12-25)35(28-7-3-1-4-8-28)29-9-5-2-6-10-29/h1-5,7-9,11-19,21,23-24,35H,6,10,20,22,36H2. The van der Waals surface area contributed by atoms with Gasteiger partial charge in [-0.25, -0.2) is 0 Å². The Labute approximate surface area is 214 Å². The Morgan fingerprint density at radius 3 is 2.03 bits per heavy atom. The summed E-state index contributed by atoms with van der Waals surface area (Å²) in [6.45, 7) is 0. The minimum atomic E-state index is 0.302. The smallest absolute Gasteiger partial charge is 0.0302 e. The molecule has 4 aromatic carbocycles. The fraction of sp³-hybridized carbons (Fsp3) is 0.143. The van der Waals surface area contributed by atoms with E-state index in [0.29, 0.717) is 5.92 Å². The highest BCUT2D eigenvalue weighted by Crippen LogP contribution is 2.37. The third kappa shape index (κ3) is 4.57. The molecule has 0 radical (unpaired) electrons. The highest BCUT2D eigenvalue weighted by atomic mass is 14.6. The van der Waals surface area contributed by atoms with Crippen LogP contribution in [0.15, 0.2) is 133 Å². The molecule has 176 valence electrons. The van der Waals surface area contributed by atoms with Gasteiger partial charge in [0.2, 0.25) is 0 Å². The zero-order valence-corrected chi connectivity index (χ0v) is 20.5. The molecule has 36 heavy (non-hydrogen) atoms. The van der Waals surface area contributed by atoms with Crippen LogP contribution in [0, 0.1) is 0 Å². The van der Waals surface area contributed by atoms with Crippen molar-refractivity contribution in [1.82, 2.24) is 0 Å². The minimum Gasteiger partial charge on any atom is -0.402 e. The fourth-order valence-electron chi connectivity index (χ4n) is 5.52. The molecule has 0 saturated heterocycles. The summed E-state index contributed by atoms with van der Waals surface area (Å²) >= 11 is 0. The van der Waals surface area contributed by atoms with Gasteiger partial charge in [0.1, 0.15) is 0 Å². The Balaban J connectivity index is 1.33. The summed E-state index contributed by atoms with van der Waals surface area (Å²) in [4.78, 5) is 0. The first-order valence-corrected chi connectivity index (χ1v) is 12.9. The molecule has 1 nitrogen and oxygen atoms in total. The van der Waals surface area contributed by atoms with E-state index in [0.717, 1.165) is 31.4 Å². The lowest BCUT2D eigenvalue weighted by Crippen LogP contribution is -2.06. The fourth-order valence-corrected chi connectivity index (χ4v) is 5.52. The summed E-state index contributed by atoms with van der Waals surface area (Å²) in [5.74, 6) is 0.302. The number of benzene rings is 4. The van der Waals surface area contributed by atoms with Crippen LogP contribution < -0.4 is 5.73 Å². The van der Waals surface area contributed by atoms with Gasteiger partial charge in [0, 0.05) is 11.6 Å². The Hall–Kier alpha value is -4.10. The molecule has 0 saturated carbocycles. The first kappa shape index (κ1) is 22.4. The van der Waals surface area contributed by atoms with E-state index >= 15 is 0 Å². The topological polar surface area (TPSA) is 26.0 Å². The van der Waals surface area contributed by atoms with Gasteiger partial charge in [-0.1, -0.05) is 109 Å². The lowest BCUT2D eigenvalue weighted by molar-refractivity contribution is 0.831. The van der Waals surface area contributed by atoms with E-state index in [4.69, 9.17) is 5.73 Å². The number of hydrogen-bond acceptors (Lipinski definition) is 1. The normalized spacial score (nSPS) is 16.3. The molecule has 6 rings (SSSR count). The molecule has 2 N–H and O–H groups in total. The number of hydrogen-bond donors (Lipinski definition) is 1. The maximum Gasteiger partial charge on any atom is 0.0302 e. The van der Waals surface area contributed by atoms with E-state index in [1.54, 1.807) is 0 Å². The summed E-state index contributed by atoms with van der Waals surface area (Å²) in [7, 11) is 0. The predicted octanol–water partition coefficient (Wildman–Crippen LogP) is 8.93. The first-order valence-electron chi connectivity index (χ1n) is 12.9. The molecule has 2 aliphatic rings. The molecule has 0 fully saturated rings. The van der Waals surface area contributed by atoms with Gasteiger partial charge >= 0.3 is 0 Å². The van der Waals surface area contributed by atoms with Gasteiger partial charge in [-0.3, -0.25) is 0 Å². The number of nitrogens with two attached hydrogens (primary N) is 1. The van der Waals surface area contributed by atoms with Gasteiger partial charge in [-0.2, -0.15) is 0 Å². The van der Waals surface area contributed by atoms with E-state index in [9.17, 15) is 0 Å². The van der Waals surface area contributed by atoms with Crippen molar-refractivity contribution >= 4 is 16.3 Å². The van der Waals surface area contributed by atoms with Crippen molar-refractivity contribution in [3.05, 3.63) is 149 Å². The maximum atomic E-state index is 5.96. The number of allylic oxidation sites excluding steroid dienone is 8. The summed E-state index contributed by atoms with van der Waals surface area (Å²) in [5, 5.41) is 2.55. The molecular weight excluding hydrogens is 434 g/mol. The van der Waals surface area contributed by atoms with Crippen molar-refractivity contribution in [2.24, 2.45) is 5.73 Å². The third-order valence-corrected chi connectivity index (χ3v) is 7.52. The quantitative estimate of drug-likeness (QED) is 0.313. The zero-order chi connectivity index (χ0) is 24.3. The average molecular weight is 466 g/mol. The Morgan fingerprint density at radius 2 is 1.31 bits per heavy atom. The van der Waals surface area contributed by atoms with Gasteiger partial charge < -0.3 is 5.73 Å². The Morgan fingerprint density at radius 1 is 0.583 bits per heavy atom. The minimum absolute atomic E-state index is 0.302. The van der Waals surface area contributed by atoms with E-state index in [2.05, 4.69) is 115 Å². The van der Waals surface area contributed by atoms with Gasteiger partial charge in [-0.15, -0.1) is 0 Å². The van der Waals surface area contributed by atoms with Crippen molar-refractivity contribution in [1.29, 1.82) is 0 Å². The third-order valence-electron chi connectivity index (χ3n) is 7.52. The van der Waals surface area contributed by atoms with Crippen LogP contribution in [-0.4, -0.2) is 0 Å². The second kappa shape index (κ2) is 9.87. The van der Waals surface area contributed by atoms with Gasteiger partial charge in [0.25, 0.3) is 0 Å². The molecule has 0 spiro atoms. The van der Waals surface area contributed by atoms with Crippen LogP contribution in [0.2, 0.25) is 0 Å². The molecule has 0 aliphatic heterocycles. The zero-order valence-electron chi connectivity index (χ0n) is 20.5. The van der Waals surface area contributed by atoms with Gasteiger partial charge in [-0.05, 0) is 88.1 Å². The van der Waals surface area contributed by atoms with Crippen molar-refractivity contribution in [3.8, 4) is 11.1 Å². The van der Waals surface area contributed by atoms with Crippen molar-refractivity contribution < 1.29 is 0 Å². The van der Waals surface area contributed by atoms with Crippen LogP contribution in [-0.2, 0) is 0 Å². The highest BCUT2D eigenvalue weighted by molar-refractivity contribution is 5.90. The van der Waals surface area contributed by atoms with Crippen LogP contribution in [0.4, 0.5) is 0 Å². The molecule has 1 heteroatoms. The van der Waals surface area contributed by atoms with E-state index in [1.165, 1.54) is 49.7 Å². The highest BCUT2D eigenvalue weighted by Gasteiger charge is 2.19. The second-order valence-electron chi connectivity index (χ2n) is 9.88. The van der Waals surface area contributed by atoms with Gasteiger partial charge in [0.05, 0.1) is 0 Å². The van der Waals surface area contributed by atoms with Crippen molar-refractivity contribution in [2.45, 2.75) is 31.6 Å². The molecule has 0 heterocycles. The molecule has 1 atom stereocenters. The first-order chi connectivity index (χ1) is 17.7. The van der Waals surface area contributed by atoms with Crippen LogP contribution in [0.5, 0.6) is 0 Å². The molecule has 0 amide bonds.